The SMILES string of the molecule is COc1ccc2nc(CN3C[C@H]4CNC[C@H]4C3)sc2c1. The standard InChI is InChI=1S/C15H19N3OS/c1-19-12-2-3-13-14(4-12)20-15(17-13)9-18-7-10-5-16-6-11(10)8-18/h2-4,10-11,16H,5-9H2,1H3/t10-,11+. The molecule has 20 heavy (non-hydrogen) atoms. The number of rotatable bonds is 3. The van der Waals surface area contributed by atoms with Crippen molar-refractivity contribution in [3.63, 3.8) is 0 Å². The molecule has 0 aliphatic carbocycles. The summed E-state index contributed by atoms with van der Waals surface area (Å²) < 4.78 is 6.50. The van der Waals surface area contributed by atoms with Gasteiger partial charge >= 0.3 is 0 Å². The second kappa shape index (κ2) is 4.98. The predicted octanol–water partition coefficient (Wildman–Crippen LogP) is 1.96. The summed E-state index contributed by atoms with van der Waals surface area (Å²) in [6.07, 6.45) is 0. The van der Waals surface area contributed by atoms with E-state index in [-0.39, 0.29) is 0 Å². The Labute approximate surface area is 122 Å². The van der Waals surface area contributed by atoms with Gasteiger partial charge in [0.15, 0.2) is 0 Å². The van der Waals surface area contributed by atoms with Crippen molar-refractivity contribution in [3.05, 3.63) is 23.2 Å². The molecule has 1 aromatic carbocycles. The van der Waals surface area contributed by atoms with Crippen LogP contribution in [-0.2, 0) is 6.54 Å². The van der Waals surface area contributed by atoms with Crippen LogP contribution < -0.4 is 10.1 Å². The average molecular weight is 289 g/mol. The quantitative estimate of drug-likeness (QED) is 0.937. The Morgan fingerprint density at radius 1 is 1.35 bits per heavy atom. The number of hydrogen-bond donors (Lipinski definition) is 1. The molecule has 106 valence electrons. The van der Waals surface area contributed by atoms with Gasteiger partial charge in [-0.25, -0.2) is 4.98 Å². The van der Waals surface area contributed by atoms with E-state index in [0.717, 1.165) is 29.6 Å². The van der Waals surface area contributed by atoms with Gasteiger partial charge < -0.3 is 10.1 Å². The number of ether oxygens (including phenoxy) is 1. The molecule has 2 fully saturated rings. The number of nitrogens with zero attached hydrogens (tertiary/aromatic N) is 2. The zero-order valence-corrected chi connectivity index (χ0v) is 12.4. The average Bonchev–Trinajstić information content (AvgIpc) is 3.11. The van der Waals surface area contributed by atoms with Crippen molar-refractivity contribution in [3.8, 4) is 5.75 Å². The number of thiazole rings is 1. The van der Waals surface area contributed by atoms with E-state index >= 15 is 0 Å². The summed E-state index contributed by atoms with van der Waals surface area (Å²) in [5.41, 5.74) is 1.09. The lowest BCUT2D eigenvalue weighted by Crippen LogP contribution is -2.25. The van der Waals surface area contributed by atoms with Crippen LogP contribution in [0.4, 0.5) is 0 Å². The molecule has 5 heteroatoms. The maximum atomic E-state index is 5.28. The van der Waals surface area contributed by atoms with Crippen LogP contribution in [0.1, 0.15) is 5.01 Å². The van der Waals surface area contributed by atoms with Crippen molar-refractivity contribution in [2.24, 2.45) is 11.8 Å². The second-order valence-electron chi connectivity index (χ2n) is 5.81. The minimum Gasteiger partial charge on any atom is -0.497 e. The number of hydrogen-bond acceptors (Lipinski definition) is 5. The number of methoxy groups -OCH3 is 1. The Balaban J connectivity index is 1.51. The van der Waals surface area contributed by atoms with Gasteiger partial charge in [0.05, 0.1) is 23.9 Å². The smallest absolute Gasteiger partial charge is 0.120 e. The third-order valence-corrected chi connectivity index (χ3v) is 5.47. The number of aromatic nitrogens is 1. The van der Waals surface area contributed by atoms with Gasteiger partial charge in [0.2, 0.25) is 0 Å². The van der Waals surface area contributed by atoms with Crippen LogP contribution >= 0.6 is 11.3 Å². The van der Waals surface area contributed by atoms with Crippen molar-refractivity contribution < 1.29 is 4.74 Å². The normalized spacial score (nSPS) is 26.2. The second-order valence-corrected chi connectivity index (χ2v) is 6.93. The zero-order valence-electron chi connectivity index (χ0n) is 11.6. The zero-order chi connectivity index (χ0) is 13.5. The fraction of sp³-hybridized carbons (Fsp3) is 0.533. The van der Waals surface area contributed by atoms with Gasteiger partial charge in [-0.2, -0.15) is 0 Å². The molecule has 0 radical (unpaired) electrons. The summed E-state index contributed by atoms with van der Waals surface area (Å²) in [5, 5.41) is 4.71. The van der Waals surface area contributed by atoms with Crippen molar-refractivity contribution in [1.29, 1.82) is 0 Å². The van der Waals surface area contributed by atoms with E-state index in [1.54, 1.807) is 18.4 Å². The first-order valence-electron chi connectivity index (χ1n) is 7.18. The van der Waals surface area contributed by atoms with Crippen LogP contribution in [0.2, 0.25) is 0 Å². The van der Waals surface area contributed by atoms with E-state index in [4.69, 9.17) is 9.72 Å². The number of likely N-dealkylation sites (tertiary alicyclic amines) is 1. The highest BCUT2D eigenvalue weighted by Crippen LogP contribution is 2.30. The molecule has 2 saturated heterocycles. The summed E-state index contributed by atoms with van der Waals surface area (Å²) in [6.45, 7) is 5.82. The Bertz CT molecular complexity index is 615. The molecular formula is C15H19N3OS. The first-order valence-corrected chi connectivity index (χ1v) is 8.00. The molecule has 0 unspecified atom stereocenters. The summed E-state index contributed by atoms with van der Waals surface area (Å²) in [7, 11) is 1.71. The molecule has 0 spiro atoms. The molecule has 2 aliphatic rings. The van der Waals surface area contributed by atoms with Crippen molar-refractivity contribution in [1.82, 2.24) is 15.2 Å². The summed E-state index contributed by atoms with van der Waals surface area (Å²) in [4.78, 5) is 7.31. The Kier molecular flexibility index (Phi) is 3.13. The van der Waals surface area contributed by atoms with Gasteiger partial charge in [-0.05, 0) is 43.1 Å². The molecule has 0 amide bonds. The Morgan fingerprint density at radius 3 is 2.90 bits per heavy atom. The minimum atomic E-state index is 0.851. The number of fused-ring (bicyclic) bond motifs is 2. The first kappa shape index (κ1) is 12.6. The van der Waals surface area contributed by atoms with Gasteiger partial charge in [0.25, 0.3) is 0 Å². The van der Waals surface area contributed by atoms with Crippen LogP contribution in [0.25, 0.3) is 10.2 Å². The summed E-state index contributed by atoms with van der Waals surface area (Å²) >= 11 is 1.79. The number of benzene rings is 1. The van der Waals surface area contributed by atoms with Crippen LogP contribution in [0, 0.1) is 11.8 Å². The lowest BCUT2D eigenvalue weighted by Gasteiger charge is -2.14. The van der Waals surface area contributed by atoms with E-state index < -0.39 is 0 Å². The maximum Gasteiger partial charge on any atom is 0.120 e. The fourth-order valence-electron chi connectivity index (χ4n) is 3.42. The monoisotopic (exact) mass is 289 g/mol. The lowest BCUT2D eigenvalue weighted by atomic mass is 10.0. The first-order chi connectivity index (χ1) is 9.81. The van der Waals surface area contributed by atoms with Crippen LogP contribution in [0.3, 0.4) is 0 Å². The third-order valence-electron chi connectivity index (χ3n) is 4.46. The maximum absolute atomic E-state index is 5.28. The van der Waals surface area contributed by atoms with Gasteiger partial charge in [-0.15, -0.1) is 11.3 Å². The molecule has 2 aliphatic heterocycles. The fourth-order valence-corrected chi connectivity index (χ4v) is 4.46. The van der Waals surface area contributed by atoms with Gasteiger partial charge in [0, 0.05) is 13.1 Å². The van der Waals surface area contributed by atoms with Crippen molar-refractivity contribution in [2.45, 2.75) is 6.54 Å². The molecule has 1 N–H and O–H groups in total. The molecule has 2 atom stereocenters. The lowest BCUT2D eigenvalue weighted by molar-refractivity contribution is 0.305. The molecule has 4 rings (SSSR count). The van der Waals surface area contributed by atoms with Gasteiger partial charge in [0.1, 0.15) is 10.8 Å². The van der Waals surface area contributed by atoms with Gasteiger partial charge in [-0.1, -0.05) is 0 Å². The van der Waals surface area contributed by atoms with Gasteiger partial charge in [-0.3, -0.25) is 4.90 Å². The predicted molar refractivity (Wildman–Crippen MR) is 81.3 cm³/mol. The molecule has 0 bridgehead atoms. The van der Waals surface area contributed by atoms with E-state index in [9.17, 15) is 0 Å². The summed E-state index contributed by atoms with van der Waals surface area (Å²) in [5.74, 6) is 2.61. The molecule has 2 aromatic rings. The van der Waals surface area contributed by atoms with E-state index in [2.05, 4.69) is 22.3 Å². The highest BCUT2D eigenvalue weighted by molar-refractivity contribution is 7.18. The largest absolute Gasteiger partial charge is 0.497 e. The topological polar surface area (TPSA) is 37.4 Å². The highest BCUT2D eigenvalue weighted by atomic mass is 32.1. The van der Waals surface area contributed by atoms with Crippen molar-refractivity contribution in [2.75, 3.05) is 33.3 Å². The van der Waals surface area contributed by atoms with Crippen molar-refractivity contribution >= 4 is 21.6 Å². The minimum absolute atomic E-state index is 0.851. The molecule has 1 aromatic heterocycles. The Morgan fingerprint density at radius 2 is 2.15 bits per heavy atom. The van der Waals surface area contributed by atoms with E-state index in [0.29, 0.717) is 0 Å². The third kappa shape index (κ3) is 2.20. The molecule has 4 nitrogen and oxygen atoms in total. The van der Waals surface area contributed by atoms with Crippen LogP contribution in [0.5, 0.6) is 5.75 Å². The van der Waals surface area contributed by atoms with E-state index in [1.165, 1.54) is 35.9 Å². The highest BCUT2D eigenvalue weighted by Gasteiger charge is 2.36. The van der Waals surface area contributed by atoms with Crippen LogP contribution in [-0.4, -0.2) is 43.2 Å². The molecular weight excluding hydrogens is 270 g/mol. The molecule has 3 heterocycles. The molecule has 0 saturated carbocycles. The van der Waals surface area contributed by atoms with Crippen LogP contribution in [0.15, 0.2) is 18.2 Å². The summed E-state index contributed by atoms with van der Waals surface area (Å²) in [6, 6.07) is 6.12. The number of nitrogens with one attached hydrogen (secondary N) is 1. The Hall–Kier alpha value is -1.17. The van der Waals surface area contributed by atoms with E-state index in [1.807, 2.05) is 6.07 Å².